The van der Waals surface area contributed by atoms with Crippen molar-refractivity contribution in [2.24, 2.45) is 0 Å². The van der Waals surface area contributed by atoms with Gasteiger partial charge in [0.15, 0.2) is 0 Å². The molecule has 2 aliphatic heterocycles. The molecule has 2 rings (SSSR count). The van der Waals surface area contributed by atoms with Gasteiger partial charge in [-0.25, -0.2) is 0 Å². The zero-order chi connectivity index (χ0) is 12.1. The van der Waals surface area contributed by atoms with Crippen molar-refractivity contribution in [3.8, 4) is 0 Å². The lowest BCUT2D eigenvalue weighted by atomic mass is 10.0. The summed E-state index contributed by atoms with van der Waals surface area (Å²) in [7, 11) is 0. The topological polar surface area (TPSA) is 52.6 Å². The minimum absolute atomic E-state index is 0.0850. The van der Waals surface area contributed by atoms with Crippen LogP contribution in [0.5, 0.6) is 0 Å². The third-order valence-corrected chi connectivity index (χ3v) is 4.03. The monoisotopic (exact) mass is 240 g/mol. The minimum atomic E-state index is 0.0850. The summed E-state index contributed by atoms with van der Waals surface area (Å²) >= 11 is 0. The Morgan fingerprint density at radius 2 is 2.18 bits per heavy atom. The van der Waals surface area contributed by atoms with Gasteiger partial charge in [-0.3, -0.25) is 4.79 Å². The minimum Gasteiger partial charge on any atom is -0.394 e. The Hall–Kier alpha value is -0.610. The number of nitrogens with zero attached hydrogens (tertiary/aromatic N) is 1. The zero-order valence-electron chi connectivity index (χ0n) is 10.5. The van der Waals surface area contributed by atoms with Crippen LogP contribution in [0.4, 0.5) is 0 Å². The predicted octanol–water partition coefficient (Wildman–Crippen LogP) is 0.892. The summed E-state index contributed by atoms with van der Waals surface area (Å²) in [5.41, 5.74) is 0. The normalized spacial score (nSPS) is 29.6. The van der Waals surface area contributed by atoms with Crippen molar-refractivity contribution in [2.45, 2.75) is 57.0 Å². The van der Waals surface area contributed by atoms with Crippen LogP contribution in [0.25, 0.3) is 0 Å². The maximum absolute atomic E-state index is 12.0. The Balaban J connectivity index is 1.72. The molecule has 2 N–H and O–H groups in total. The van der Waals surface area contributed by atoms with Crippen LogP contribution in [0.3, 0.4) is 0 Å². The zero-order valence-corrected chi connectivity index (χ0v) is 10.5. The van der Waals surface area contributed by atoms with E-state index in [0.29, 0.717) is 12.5 Å². The smallest absolute Gasteiger partial charge is 0.222 e. The van der Waals surface area contributed by atoms with E-state index in [4.69, 9.17) is 0 Å². The van der Waals surface area contributed by atoms with Crippen LogP contribution in [-0.2, 0) is 4.79 Å². The summed E-state index contributed by atoms with van der Waals surface area (Å²) in [5.74, 6) is 0.230. The first-order chi connectivity index (χ1) is 8.31. The Morgan fingerprint density at radius 3 is 2.88 bits per heavy atom. The third kappa shape index (κ3) is 3.42. The first-order valence-corrected chi connectivity index (χ1v) is 6.95. The molecule has 0 spiro atoms. The number of carbonyl (C=O) groups excluding carboxylic acids is 1. The highest BCUT2D eigenvalue weighted by Crippen LogP contribution is 2.19. The van der Waals surface area contributed by atoms with Gasteiger partial charge in [-0.05, 0) is 38.6 Å². The number of rotatable bonds is 4. The second-order valence-electron chi connectivity index (χ2n) is 5.25. The number of nitrogens with one attached hydrogen (secondary N) is 1. The van der Waals surface area contributed by atoms with Gasteiger partial charge in [0, 0.05) is 19.0 Å². The molecule has 1 amide bonds. The molecule has 0 saturated carbocycles. The van der Waals surface area contributed by atoms with Crippen molar-refractivity contribution < 1.29 is 9.90 Å². The molecule has 2 unspecified atom stereocenters. The van der Waals surface area contributed by atoms with E-state index >= 15 is 0 Å². The van der Waals surface area contributed by atoms with Gasteiger partial charge in [-0.1, -0.05) is 6.42 Å². The number of likely N-dealkylation sites (tertiary alicyclic amines) is 1. The van der Waals surface area contributed by atoms with Crippen LogP contribution in [0.1, 0.15) is 44.9 Å². The highest BCUT2D eigenvalue weighted by Gasteiger charge is 2.28. The number of hydrogen-bond acceptors (Lipinski definition) is 3. The fourth-order valence-electron chi connectivity index (χ4n) is 2.97. The van der Waals surface area contributed by atoms with Crippen molar-refractivity contribution in [3.05, 3.63) is 0 Å². The molecule has 0 aromatic heterocycles. The van der Waals surface area contributed by atoms with Crippen LogP contribution >= 0.6 is 0 Å². The molecule has 0 bridgehead atoms. The molecule has 17 heavy (non-hydrogen) atoms. The number of aliphatic hydroxyl groups excluding tert-OH is 1. The SMILES string of the molecule is O=C(CCC1CCCCN1)N1CCCC1CO. The molecular formula is C13H24N2O2. The standard InChI is InChI=1S/C13H24N2O2/c16-10-12-5-3-9-15(12)13(17)7-6-11-4-1-2-8-14-11/h11-12,14,16H,1-10H2. The van der Waals surface area contributed by atoms with Crippen LogP contribution in [0, 0.1) is 0 Å². The van der Waals surface area contributed by atoms with Gasteiger partial charge >= 0.3 is 0 Å². The summed E-state index contributed by atoms with van der Waals surface area (Å²) in [5, 5.41) is 12.7. The van der Waals surface area contributed by atoms with Gasteiger partial charge in [-0.2, -0.15) is 0 Å². The second-order valence-corrected chi connectivity index (χ2v) is 5.25. The lowest BCUT2D eigenvalue weighted by molar-refractivity contribution is -0.133. The quantitative estimate of drug-likeness (QED) is 0.767. The highest BCUT2D eigenvalue weighted by molar-refractivity contribution is 5.76. The average Bonchev–Trinajstić information content (AvgIpc) is 2.85. The van der Waals surface area contributed by atoms with Gasteiger partial charge in [0.1, 0.15) is 0 Å². The molecule has 2 fully saturated rings. The predicted molar refractivity (Wildman–Crippen MR) is 66.7 cm³/mol. The first-order valence-electron chi connectivity index (χ1n) is 6.95. The molecular weight excluding hydrogens is 216 g/mol. The molecule has 4 heteroatoms. The van der Waals surface area contributed by atoms with E-state index < -0.39 is 0 Å². The van der Waals surface area contributed by atoms with E-state index in [1.165, 1.54) is 19.3 Å². The summed E-state index contributed by atoms with van der Waals surface area (Å²) in [6.45, 7) is 2.05. The largest absolute Gasteiger partial charge is 0.394 e. The Bertz CT molecular complexity index is 252. The van der Waals surface area contributed by atoms with E-state index in [0.717, 1.165) is 32.4 Å². The van der Waals surface area contributed by atoms with Gasteiger partial charge in [-0.15, -0.1) is 0 Å². The van der Waals surface area contributed by atoms with Crippen molar-refractivity contribution in [2.75, 3.05) is 19.7 Å². The Kier molecular flexibility index (Phi) is 4.80. The number of carbonyl (C=O) groups is 1. The maximum Gasteiger partial charge on any atom is 0.222 e. The van der Waals surface area contributed by atoms with Crippen LogP contribution in [0.2, 0.25) is 0 Å². The molecule has 2 heterocycles. The van der Waals surface area contributed by atoms with Crippen LogP contribution in [0.15, 0.2) is 0 Å². The third-order valence-electron chi connectivity index (χ3n) is 4.03. The Morgan fingerprint density at radius 1 is 1.29 bits per heavy atom. The Labute approximate surface area is 103 Å². The molecule has 0 aromatic rings. The van der Waals surface area contributed by atoms with Crippen molar-refractivity contribution in [3.63, 3.8) is 0 Å². The molecule has 0 radical (unpaired) electrons. The number of hydrogen-bond donors (Lipinski definition) is 2. The highest BCUT2D eigenvalue weighted by atomic mass is 16.3. The van der Waals surface area contributed by atoms with E-state index in [1.807, 2.05) is 4.90 Å². The summed E-state index contributed by atoms with van der Waals surface area (Å²) in [6, 6.07) is 0.615. The number of amides is 1. The van der Waals surface area contributed by atoms with E-state index in [2.05, 4.69) is 5.32 Å². The lowest BCUT2D eigenvalue weighted by Gasteiger charge is -2.26. The van der Waals surface area contributed by atoms with Crippen LogP contribution in [-0.4, -0.2) is 47.7 Å². The van der Waals surface area contributed by atoms with E-state index in [9.17, 15) is 9.90 Å². The second kappa shape index (κ2) is 6.36. The summed E-state index contributed by atoms with van der Waals surface area (Å²) in [6.07, 6.45) is 7.35. The molecule has 4 nitrogen and oxygen atoms in total. The number of aliphatic hydroxyl groups is 1. The molecule has 0 aromatic carbocycles. The molecule has 2 saturated heterocycles. The molecule has 2 atom stereocenters. The van der Waals surface area contributed by atoms with E-state index in [-0.39, 0.29) is 18.6 Å². The average molecular weight is 240 g/mol. The molecule has 0 aliphatic carbocycles. The van der Waals surface area contributed by atoms with Gasteiger partial charge in [0.05, 0.1) is 12.6 Å². The maximum atomic E-state index is 12.0. The molecule has 2 aliphatic rings. The summed E-state index contributed by atoms with van der Waals surface area (Å²) in [4.78, 5) is 13.9. The molecule has 98 valence electrons. The fraction of sp³-hybridized carbons (Fsp3) is 0.923. The fourth-order valence-corrected chi connectivity index (χ4v) is 2.97. The summed E-state index contributed by atoms with van der Waals surface area (Å²) < 4.78 is 0. The van der Waals surface area contributed by atoms with Gasteiger partial charge in [0.2, 0.25) is 5.91 Å². The van der Waals surface area contributed by atoms with Crippen LogP contribution < -0.4 is 5.32 Å². The van der Waals surface area contributed by atoms with E-state index in [1.54, 1.807) is 0 Å². The van der Waals surface area contributed by atoms with Gasteiger partial charge in [0.25, 0.3) is 0 Å². The lowest BCUT2D eigenvalue weighted by Crippen LogP contribution is -2.39. The van der Waals surface area contributed by atoms with Crippen molar-refractivity contribution in [1.82, 2.24) is 10.2 Å². The van der Waals surface area contributed by atoms with Crippen molar-refractivity contribution >= 4 is 5.91 Å². The van der Waals surface area contributed by atoms with Crippen molar-refractivity contribution in [1.29, 1.82) is 0 Å². The number of piperidine rings is 1. The van der Waals surface area contributed by atoms with Gasteiger partial charge < -0.3 is 15.3 Å². The first kappa shape index (κ1) is 12.8.